The van der Waals surface area contributed by atoms with Gasteiger partial charge in [0.2, 0.25) is 0 Å². The van der Waals surface area contributed by atoms with Gasteiger partial charge in [0.1, 0.15) is 11.3 Å². The van der Waals surface area contributed by atoms with Crippen molar-refractivity contribution in [1.29, 1.82) is 0 Å². The van der Waals surface area contributed by atoms with Gasteiger partial charge in [-0.3, -0.25) is 14.5 Å². The number of carbonyl (C=O) groups is 3. The molecule has 12 heteroatoms. The topological polar surface area (TPSA) is 120 Å². The number of carbonyl (C=O) groups excluding carboxylic acids is 3. The van der Waals surface area contributed by atoms with E-state index in [1.807, 2.05) is 6.07 Å². The molecule has 2 aromatic heterocycles. The van der Waals surface area contributed by atoms with Gasteiger partial charge in [0.05, 0.1) is 17.8 Å². The molecule has 1 aromatic carbocycles. The highest BCUT2D eigenvalue weighted by Gasteiger charge is 2.40. The van der Waals surface area contributed by atoms with Crippen LogP contribution in [0.15, 0.2) is 24.3 Å². The Kier molecular flexibility index (Phi) is 7.82. The Bertz CT molecular complexity index is 1440. The van der Waals surface area contributed by atoms with E-state index in [0.717, 1.165) is 41.0 Å². The SMILES string of the molecule is CC(C)N1CCc2nc(C(=O)N[C@@H]3CN(C(=O)OC(C)(C)C)C[C@H]3NC(=O)c3cc4cc(Cl)ccc4[nH]3)sc2C1. The van der Waals surface area contributed by atoms with Crippen molar-refractivity contribution in [3.05, 3.63) is 50.6 Å². The zero-order valence-electron chi connectivity index (χ0n) is 23.3. The van der Waals surface area contributed by atoms with E-state index in [4.69, 9.17) is 16.3 Å². The molecule has 0 aliphatic carbocycles. The van der Waals surface area contributed by atoms with E-state index in [2.05, 4.69) is 39.3 Å². The Morgan fingerprint density at radius 3 is 2.50 bits per heavy atom. The van der Waals surface area contributed by atoms with E-state index in [9.17, 15) is 14.4 Å². The highest BCUT2D eigenvalue weighted by molar-refractivity contribution is 7.13. The summed E-state index contributed by atoms with van der Waals surface area (Å²) < 4.78 is 5.56. The number of rotatable bonds is 5. The van der Waals surface area contributed by atoms with Gasteiger partial charge in [0.15, 0.2) is 5.01 Å². The number of aromatic nitrogens is 2. The summed E-state index contributed by atoms with van der Waals surface area (Å²) in [6, 6.07) is 6.42. The molecule has 40 heavy (non-hydrogen) atoms. The van der Waals surface area contributed by atoms with Crippen LogP contribution < -0.4 is 10.6 Å². The lowest BCUT2D eigenvalue weighted by atomic mass is 10.1. The number of likely N-dealkylation sites (tertiary alicyclic amines) is 1. The molecule has 0 spiro atoms. The number of hydrogen-bond donors (Lipinski definition) is 3. The minimum atomic E-state index is -0.674. The summed E-state index contributed by atoms with van der Waals surface area (Å²) in [5, 5.41) is 7.81. The lowest BCUT2D eigenvalue weighted by molar-refractivity contribution is 0.0286. The van der Waals surface area contributed by atoms with Crippen molar-refractivity contribution in [2.75, 3.05) is 19.6 Å². The maximum Gasteiger partial charge on any atom is 0.410 e. The molecule has 214 valence electrons. The van der Waals surface area contributed by atoms with Gasteiger partial charge >= 0.3 is 6.09 Å². The van der Waals surface area contributed by atoms with Gasteiger partial charge in [0.25, 0.3) is 11.8 Å². The van der Waals surface area contributed by atoms with Crippen molar-refractivity contribution in [1.82, 2.24) is 30.4 Å². The molecule has 10 nitrogen and oxygen atoms in total. The third kappa shape index (κ3) is 6.26. The number of aromatic amines is 1. The number of halogens is 1. The minimum absolute atomic E-state index is 0.190. The van der Waals surface area contributed by atoms with Crippen LogP contribution in [0.25, 0.3) is 10.9 Å². The molecule has 3 aromatic rings. The number of thiazole rings is 1. The molecule has 2 atom stereocenters. The second-order valence-corrected chi connectivity index (χ2v) is 13.2. The summed E-state index contributed by atoms with van der Waals surface area (Å²) in [5.74, 6) is -0.660. The van der Waals surface area contributed by atoms with Crippen LogP contribution in [0.3, 0.4) is 0 Å². The van der Waals surface area contributed by atoms with Crippen LogP contribution >= 0.6 is 22.9 Å². The van der Waals surface area contributed by atoms with E-state index in [1.165, 1.54) is 16.2 Å². The summed E-state index contributed by atoms with van der Waals surface area (Å²) >= 11 is 7.50. The highest BCUT2D eigenvalue weighted by atomic mass is 35.5. The third-order valence-electron chi connectivity index (χ3n) is 7.12. The number of hydrogen-bond acceptors (Lipinski definition) is 7. The van der Waals surface area contributed by atoms with Crippen molar-refractivity contribution < 1.29 is 19.1 Å². The predicted molar refractivity (Wildman–Crippen MR) is 155 cm³/mol. The van der Waals surface area contributed by atoms with Gasteiger partial charge in [0, 0.05) is 59.4 Å². The summed E-state index contributed by atoms with van der Waals surface area (Å²) in [6.45, 7) is 11.8. The molecule has 0 saturated carbocycles. The quantitative estimate of drug-likeness (QED) is 0.412. The second-order valence-electron chi connectivity index (χ2n) is 11.7. The van der Waals surface area contributed by atoms with Gasteiger partial charge in [-0.1, -0.05) is 11.6 Å². The smallest absolute Gasteiger partial charge is 0.410 e. The fraction of sp³-hybridized carbons (Fsp3) is 0.500. The summed E-state index contributed by atoms with van der Waals surface area (Å²) in [4.78, 5) is 52.2. The van der Waals surface area contributed by atoms with Crippen molar-refractivity contribution in [3.8, 4) is 0 Å². The van der Waals surface area contributed by atoms with Crippen LogP contribution in [-0.2, 0) is 17.7 Å². The standard InChI is InChI=1S/C28H35ClN6O4S/c1-15(2)34-9-8-19-23(14-34)40-26(33-19)25(37)32-22-13-35(27(38)39-28(3,4)5)12-21(22)31-24(36)20-11-16-10-17(29)6-7-18(16)30-20/h6-7,10-11,15,21-22,30H,8-9,12-14H2,1-5H3,(H,31,36)(H,32,37)/t21-,22-/m1/s1. The van der Waals surface area contributed by atoms with Crippen LogP contribution in [0, 0.1) is 0 Å². The molecule has 5 rings (SSSR count). The number of nitrogens with zero attached hydrogens (tertiary/aromatic N) is 3. The highest BCUT2D eigenvalue weighted by Crippen LogP contribution is 2.27. The molecule has 1 saturated heterocycles. The molecule has 3 amide bonds. The van der Waals surface area contributed by atoms with Gasteiger partial charge in [-0.2, -0.15) is 0 Å². The van der Waals surface area contributed by atoms with Crippen LogP contribution in [0.4, 0.5) is 4.79 Å². The number of nitrogens with one attached hydrogen (secondary N) is 3. The molecule has 3 N–H and O–H groups in total. The average molecular weight is 587 g/mol. The van der Waals surface area contributed by atoms with Gasteiger partial charge in [-0.05, 0) is 58.9 Å². The number of fused-ring (bicyclic) bond motifs is 2. The average Bonchev–Trinajstić information content (AvgIpc) is 3.59. The lowest BCUT2D eigenvalue weighted by Crippen LogP contribution is -2.51. The maximum atomic E-state index is 13.3. The van der Waals surface area contributed by atoms with Crippen LogP contribution in [0.5, 0.6) is 0 Å². The van der Waals surface area contributed by atoms with Crippen LogP contribution in [-0.4, -0.2) is 81.0 Å². The van der Waals surface area contributed by atoms with Gasteiger partial charge in [-0.15, -0.1) is 11.3 Å². The zero-order valence-corrected chi connectivity index (χ0v) is 24.9. The van der Waals surface area contributed by atoms with E-state index < -0.39 is 23.8 Å². The van der Waals surface area contributed by atoms with Crippen molar-refractivity contribution >= 4 is 51.7 Å². The Morgan fingerprint density at radius 2 is 1.82 bits per heavy atom. The lowest BCUT2D eigenvalue weighted by Gasteiger charge is -2.29. The first kappa shape index (κ1) is 28.4. The molecular formula is C28H35ClN6O4S. The molecular weight excluding hydrogens is 552 g/mol. The van der Waals surface area contributed by atoms with Crippen LogP contribution in [0.1, 0.15) is 65.5 Å². The largest absolute Gasteiger partial charge is 0.444 e. The minimum Gasteiger partial charge on any atom is -0.444 e. The molecule has 0 bridgehead atoms. The molecule has 1 fully saturated rings. The number of benzene rings is 1. The van der Waals surface area contributed by atoms with Crippen LogP contribution in [0.2, 0.25) is 5.02 Å². The summed E-state index contributed by atoms with van der Waals surface area (Å²) in [5.41, 5.74) is 1.44. The Morgan fingerprint density at radius 1 is 1.12 bits per heavy atom. The van der Waals surface area contributed by atoms with E-state index in [1.54, 1.807) is 39.0 Å². The zero-order chi connectivity index (χ0) is 28.8. The van der Waals surface area contributed by atoms with Crippen molar-refractivity contribution in [3.63, 3.8) is 0 Å². The fourth-order valence-corrected chi connectivity index (χ4v) is 6.24. The first-order chi connectivity index (χ1) is 18.9. The number of amides is 3. The molecule has 0 unspecified atom stereocenters. The molecule has 4 heterocycles. The van der Waals surface area contributed by atoms with E-state index in [-0.39, 0.29) is 24.9 Å². The molecule has 2 aliphatic heterocycles. The third-order valence-corrected chi connectivity index (χ3v) is 8.43. The Labute approximate surface area is 242 Å². The summed E-state index contributed by atoms with van der Waals surface area (Å²) in [6.07, 6.45) is 0.309. The summed E-state index contributed by atoms with van der Waals surface area (Å²) in [7, 11) is 0. The van der Waals surface area contributed by atoms with Crippen molar-refractivity contribution in [2.45, 2.75) is 71.3 Å². The Balaban J connectivity index is 1.32. The fourth-order valence-electron chi connectivity index (χ4n) is 5.03. The number of H-pyrrole nitrogens is 1. The molecule has 2 aliphatic rings. The predicted octanol–water partition coefficient (Wildman–Crippen LogP) is 4.19. The van der Waals surface area contributed by atoms with Gasteiger partial charge < -0.3 is 25.3 Å². The van der Waals surface area contributed by atoms with Crippen molar-refractivity contribution in [2.24, 2.45) is 0 Å². The van der Waals surface area contributed by atoms with E-state index >= 15 is 0 Å². The first-order valence-corrected chi connectivity index (χ1v) is 14.7. The first-order valence-electron chi connectivity index (χ1n) is 13.5. The monoisotopic (exact) mass is 586 g/mol. The molecule has 0 radical (unpaired) electrons. The second kappa shape index (κ2) is 11.0. The number of ether oxygens (including phenoxy) is 1. The maximum absolute atomic E-state index is 13.3. The van der Waals surface area contributed by atoms with E-state index in [0.29, 0.717) is 21.8 Å². The van der Waals surface area contributed by atoms with Gasteiger partial charge in [-0.25, -0.2) is 9.78 Å². The normalized spacial score (nSPS) is 19.6. The Hall–Kier alpha value is -3.15.